The summed E-state index contributed by atoms with van der Waals surface area (Å²) in [5.74, 6) is -0.908. The Bertz CT molecular complexity index is 813. The SMILES string of the molecule is C=CC(=O)c1ccccc1.CC(=O)Nc1c(O)cccc1[As](=O)(O)O. The van der Waals surface area contributed by atoms with E-state index in [9.17, 15) is 18.4 Å². The van der Waals surface area contributed by atoms with Crippen molar-refractivity contribution in [3.63, 3.8) is 0 Å². The Kier molecular flexibility index (Phi) is 7.39. The van der Waals surface area contributed by atoms with Crippen molar-refractivity contribution in [1.82, 2.24) is 0 Å². The number of hydrogen-bond donors (Lipinski definition) is 4. The topological polar surface area (TPSA) is 124 Å². The number of carbonyl (C=O) groups excluding carboxylic acids is 2. The van der Waals surface area contributed by atoms with Gasteiger partial charge >= 0.3 is 88.1 Å². The van der Waals surface area contributed by atoms with Crippen LogP contribution in [0.1, 0.15) is 17.3 Å². The monoisotopic (exact) mass is 407 g/mol. The number of phenols is 1. The molecule has 0 unspecified atom stereocenters. The molecule has 0 aliphatic carbocycles. The van der Waals surface area contributed by atoms with E-state index >= 15 is 0 Å². The molecule has 0 aromatic heterocycles. The fourth-order valence-corrected chi connectivity index (χ4v) is 3.35. The summed E-state index contributed by atoms with van der Waals surface area (Å²) in [6.07, 6.45) is 1.31. The molecule has 132 valence electrons. The van der Waals surface area contributed by atoms with Gasteiger partial charge in [-0.05, 0) is 6.08 Å². The summed E-state index contributed by atoms with van der Waals surface area (Å²) in [4.78, 5) is 21.7. The molecule has 7 nitrogen and oxygen atoms in total. The zero-order valence-electron chi connectivity index (χ0n) is 13.4. The molecule has 1 amide bonds. The Morgan fingerprint density at radius 2 is 1.68 bits per heavy atom. The molecule has 0 bridgehead atoms. The molecule has 0 saturated carbocycles. The van der Waals surface area contributed by atoms with E-state index in [1.807, 2.05) is 18.2 Å². The summed E-state index contributed by atoms with van der Waals surface area (Å²) in [6, 6.07) is 12.8. The molecule has 25 heavy (non-hydrogen) atoms. The molecular formula is C17H18AsNO6. The number of phenolic OH excluding ortho intramolecular Hbond substituents is 1. The second-order valence-electron chi connectivity index (χ2n) is 4.83. The average molecular weight is 407 g/mol. The van der Waals surface area contributed by atoms with Gasteiger partial charge in [-0.2, -0.15) is 0 Å². The van der Waals surface area contributed by atoms with Crippen molar-refractivity contribution in [2.75, 3.05) is 5.32 Å². The summed E-state index contributed by atoms with van der Waals surface area (Å²) in [5, 5.41) is 11.5. The minimum absolute atomic E-state index is 0.0272. The minimum atomic E-state index is -5.14. The van der Waals surface area contributed by atoms with E-state index in [1.54, 1.807) is 12.1 Å². The van der Waals surface area contributed by atoms with Crippen LogP contribution >= 0.6 is 0 Å². The number of benzene rings is 2. The van der Waals surface area contributed by atoms with E-state index in [0.717, 1.165) is 0 Å². The van der Waals surface area contributed by atoms with E-state index in [4.69, 9.17) is 8.19 Å². The van der Waals surface area contributed by atoms with Crippen LogP contribution in [0.25, 0.3) is 0 Å². The van der Waals surface area contributed by atoms with Gasteiger partial charge in [0.1, 0.15) is 0 Å². The molecule has 0 atom stereocenters. The van der Waals surface area contributed by atoms with Crippen LogP contribution in [-0.2, 0) is 8.53 Å². The van der Waals surface area contributed by atoms with Crippen molar-refractivity contribution in [3.8, 4) is 5.75 Å². The molecular weight excluding hydrogens is 389 g/mol. The molecule has 2 aromatic carbocycles. The maximum atomic E-state index is 11.1. The van der Waals surface area contributed by atoms with Crippen molar-refractivity contribution in [1.29, 1.82) is 0 Å². The molecule has 8 heteroatoms. The quantitative estimate of drug-likeness (QED) is 0.259. The van der Waals surface area contributed by atoms with E-state index in [0.29, 0.717) is 5.56 Å². The maximum absolute atomic E-state index is 11.1. The molecule has 0 fully saturated rings. The summed E-state index contributed by atoms with van der Waals surface area (Å²) >= 11 is -5.14. The molecule has 0 aliphatic rings. The van der Waals surface area contributed by atoms with Gasteiger partial charge in [-0.15, -0.1) is 0 Å². The summed E-state index contributed by atoms with van der Waals surface area (Å²) < 4.78 is 28.8. The van der Waals surface area contributed by atoms with E-state index in [-0.39, 0.29) is 21.6 Å². The standard InChI is InChI=1S/C9H8O.C8H10AsNO5/c1-2-9(10)8-6-4-3-5-7-8;1-5(11)10-8-6(9(13,14)15)3-2-4-7(8)12/h2-7H,1H2;2-4,12H,1H3,(H,10,11)(H2,13,14,15). The fourth-order valence-electron chi connectivity index (χ4n) is 1.80. The van der Waals surface area contributed by atoms with Gasteiger partial charge in [0.15, 0.2) is 5.78 Å². The Labute approximate surface area is 147 Å². The van der Waals surface area contributed by atoms with Gasteiger partial charge in [0, 0.05) is 5.56 Å². The molecule has 0 heterocycles. The van der Waals surface area contributed by atoms with Crippen LogP contribution in [0.2, 0.25) is 0 Å². The van der Waals surface area contributed by atoms with Crippen molar-refractivity contribution in [3.05, 3.63) is 66.7 Å². The number of anilines is 1. The van der Waals surface area contributed by atoms with Gasteiger partial charge in [-0.1, -0.05) is 36.9 Å². The number of amides is 1. The normalized spacial score (nSPS) is 10.2. The summed E-state index contributed by atoms with van der Waals surface area (Å²) in [7, 11) is 0. The summed E-state index contributed by atoms with van der Waals surface area (Å²) in [6.45, 7) is 4.57. The first kappa shape index (κ1) is 20.4. The van der Waals surface area contributed by atoms with Crippen LogP contribution in [0.3, 0.4) is 0 Å². The number of rotatable bonds is 4. The van der Waals surface area contributed by atoms with Crippen molar-refractivity contribution < 1.29 is 26.6 Å². The predicted octanol–water partition coefficient (Wildman–Crippen LogP) is 0.967. The Hall–Kier alpha value is -2.60. The van der Waals surface area contributed by atoms with Gasteiger partial charge in [-0.25, -0.2) is 0 Å². The van der Waals surface area contributed by atoms with Crippen molar-refractivity contribution in [2.24, 2.45) is 0 Å². The van der Waals surface area contributed by atoms with Crippen molar-refractivity contribution >= 4 is 35.9 Å². The van der Waals surface area contributed by atoms with E-state index in [2.05, 4.69) is 11.9 Å². The first-order valence-corrected chi connectivity index (χ1v) is 10.4. The number of nitrogens with one attached hydrogen (secondary N) is 1. The third kappa shape index (κ3) is 6.43. The van der Waals surface area contributed by atoms with Crippen LogP contribution in [0.15, 0.2) is 61.2 Å². The third-order valence-corrected chi connectivity index (χ3v) is 4.98. The van der Waals surface area contributed by atoms with Crippen LogP contribution in [0, 0.1) is 0 Å². The molecule has 2 rings (SSSR count). The van der Waals surface area contributed by atoms with E-state index < -0.39 is 20.1 Å². The second-order valence-corrected chi connectivity index (χ2v) is 8.12. The van der Waals surface area contributed by atoms with Crippen LogP contribution < -0.4 is 9.67 Å². The van der Waals surface area contributed by atoms with Crippen LogP contribution in [-0.4, -0.2) is 39.2 Å². The second kappa shape index (κ2) is 9.03. The van der Waals surface area contributed by atoms with Crippen molar-refractivity contribution in [2.45, 2.75) is 6.92 Å². The van der Waals surface area contributed by atoms with Crippen LogP contribution in [0.5, 0.6) is 5.75 Å². The van der Waals surface area contributed by atoms with Crippen LogP contribution in [0.4, 0.5) is 5.69 Å². The van der Waals surface area contributed by atoms with Gasteiger partial charge in [0.2, 0.25) is 0 Å². The molecule has 0 saturated heterocycles. The first-order chi connectivity index (χ1) is 11.7. The van der Waals surface area contributed by atoms with Gasteiger partial charge in [0.05, 0.1) is 0 Å². The number of hydrogen-bond acceptors (Lipinski definition) is 4. The van der Waals surface area contributed by atoms with Gasteiger partial charge in [-0.3, -0.25) is 4.79 Å². The fraction of sp³-hybridized carbons (Fsp3) is 0.0588. The summed E-state index contributed by atoms with van der Waals surface area (Å²) in [5.41, 5.74) is 0.468. The number of aromatic hydroxyl groups is 1. The zero-order valence-corrected chi connectivity index (χ0v) is 15.3. The molecule has 0 aliphatic heterocycles. The first-order valence-electron chi connectivity index (χ1n) is 7.04. The molecule has 0 spiro atoms. The Morgan fingerprint density at radius 1 is 1.08 bits per heavy atom. The predicted molar refractivity (Wildman–Crippen MR) is 93.9 cm³/mol. The Balaban J connectivity index is 0.000000271. The zero-order chi connectivity index (χ0) is 19.0. The number of allylic oxidation sites excluding steroid dienone is 1. The third-order valence-electron chi connectivity index (χ3n) is 2.88. The number of carbonyl (C=O) groups is 2. The van der Waals surface area contributed by atoms with Gasteiger partial charge in [0.25, 0.3) is 0 Å². The molecule has 2 aromatic rings. The van der Waals surface area contributed by atoms with Gasteiger partial charge < -0.3 is 0 Å². The van der Waals surface area contributed by atoms with E-state index in [1.165, 1.54) is 31.2 Å². The molecule has 0 radical (unpaired) electrons. The number of ketones is 1. The average Bonchev–Trinajstić information content (AvgIpc) is 2.56. The Morgan fingerprint density at radius 3 is 2.16 bits per heavy atom. The number of para-hydroxylation sites is 1. The molecule has 4 N–H and O–H groups in total.